The second kappa shape index (κ2) is 8.14. The van der Waals surface area contributed by atoms with Crippen LogP contribution in [0.3, 0.4) is 0 Å². The van der Waals surface area contributed by atoms with Gasteiger partial charge in [-0.25, -0.2) is 4.39 Å². The summed E-state index contributed by atoms with van der Waals surface area (Å²) in [5.74, 6) is -2.80. The molecule has 0 radical (unpaired) electrons. The number of ether oxygens (including phenoxy) is 1. The predicted octanol–water partition coefficient (Wildman–Crippen LogP) is 3.19. The molecule has 0 aliphatic carbocycles. The van der Waals surface area contributed by atoms with Gasteiger partial charge in [0, 0.05) is 11.3 Å². The smallest absolute Gasteiger partial charge is 0.249 e. The fourth-order valence-corrected chi connectivity index (χ4v) is 2.50. The van der Waals surface area contributed by atoms with Crippen molar-refractivity contribution in [3.05, 3.63) is 66.1 Å². The fourth-order valence-electron chi connectivity index (χ4n) is 2.50. The molecule has 140 valence electrons. The van der Waals surface area contributed by atoms with Crippen molar-refractivity contribution < 1.29 is 18.7 Å². The van der Waals surface area contributed by atoms with Crippen molar-refractivity contribution >= 4 is 17.4 Å². The van der Waals surface area contributed by atoms with Crippen LogP contribution >= 0.6 is 0 Å². The Morgan fingerprint density at radius 1 is 1.18 bits per heavy atom. The average molecular weight is 378 g/mol. The Bertz CT molecular complexity index is 1040. The number of H-pyrrole nitrogens is 1. The summed E-state index contributed by atoms with van der Waals surface area (Å²) in [6.45, 7) is 0. The van der Waals surface area contributed by atoms with Gasteiger partial charge in [-0.1, -0.05) is 0 Å². The first-order valence-electron chi connectivity index (χ1n) is 8.22. The van der Waals surface area contributed by atoms with E-state index in [2.05, 4.69) is 15.5 Å². The standard InChI is InChI=1S/C20H15FN4O3/c1-28-15-8-6-14(7-9-15)23-20(27)16(11-22)19(26)18-10-17(24-25-18)12-2-4-13(21)5-3-12/h2-10,16H,1H3,(H,23,27)(H,24,25). The predicted molar refractivity (Wildman–Crippen MR) is 99.0 cm³/mol. The molecule has 2 aromatic carbocycles. The van der Waals surface area contributed by atoms with Gasteiger partial charge in [-0.05, 0) is 54.6 Å². The van der Waals surface area contributed by atoms with Gasteiger partial charge in [0.2, 0.25) is 11.7 Å². The first-order valence-corrected chi connectivity index (χ1v) is 8.22. The van der Waals surface area contributed by atoms with Crippen LogP contribution in [-0.4, -0.2) is 29.0 Å². The van der Waals surface area contributed by atoms with E-state index in [9.17, 15) is 19.2 Å². The number of Topliss-reactive ketones (excluding diaryl/α,β-unsaturated/α-hetero) is 1. The summed E-state index contributed by atoms with van der Waals surface area (Å²) < 4.78 is 18.1. The lowest BCUT2D eigenvalue weighted by Gasteiger charge is -2.09. The van der Waals surface area contributed by atoms with Crippen LogP contribution in [0.2, 0.25) is 0 Å². The summed E-state index contributed by atoms with van der Waals surface area (Å²) in [5, 5.41) is 18.4. The molecule has 1 aromatic heterocycles. The number of aromatic nitrogens is 2. The summed E-state index contributed by atoms with van der Waals surface area (Å²) in [5.41, 5.74) is 1.43. The first kappa shape index (κ1) is 18.8. The summed E-state index contributed by atoms with van der Waals surface area (Å²) in [6.07, 6.45) is 0. The zero-order chi connectivity index (χ0) is 20.1. The third kappa shape index (κ3) is 4.04. The Kier molecular flexibility index (Phi) is 5.46. The van der Waals surface area contributed by atoms with Gasteiger partial charge in [0.05, 0.1) is 18.9 Å². The topological polar surface area (TPSA) is 108 Å². The highest BCUT2D eigenvalue weighted by Gasteiger charge is 2.29. The third-order valence-corrected chi connectivity index (χ3v) is 3.99. The molecule has 0 aliphatic rings. The minimum Gasteiger partial charge on any atom is -0.497 e. The van der Waals surface area contributed by atoms with E-state index in [1.807, 2.05) is 0 Å². The average Bonchev–Trinajstić information content (AvgIpc) is 3.20. The number of methoxy groups -OCH3 is 1. The number of amides is 1. The molecule has 1 unspecified atom stereocenters. The lowest BCUT2D eigenvalue weighted by Crippen LogP contribution is -2.28. The molecule has 0 saturated heterocycles. The van der Waals surface area contributed by atoms with Gasteiger partial charge >= 0.3 is 0 Å². The quantitative estimate of drug-likeness (QED) is 0.506. The van der Waals surface area contributed by atoms with Crippen molar-refractivity contribution in [3.8, 4) is 23.1 Å². The molecule has 1 atom stereocenters. The van der Waals surface area contributed by atoms with E-state index in [0.29, 0.717) is 22.7 Å². The van der Waals surface area contributed by atoms with Crippen LogP contribution in [0.25, 0.3) is 11.3 Å². The molecule has 2 N–H and O–H groups in total. The number of hydrogen-bond acceptors (Lipinski definition) is 5. The number of carbonyl (C=O) groups excluding carboxylic acids is 2. The van der Waals surface area contributed by atoms with Crippen molar-refractivity contribution in [1.29, 1.82) is 5.26 Å². The monoisotopic (exact) mass is 378 g/mol. The Hall–Kier alpha value is -3.99. The number of aromatic amines is 1. The highest BCUT2D eigenvalue weighted by Crippen LogP contribution is 2.20. The molecular weight excluding hydrogens is 363 g/mol. The lowest BCUT2D eigenvalue weighted by atomic mass is 10.0. The fraction of sp³-hybridized carbons (Fsp3) is 0.100. The number of nitrogens with one attached hydrogen (secondary N) is 2. The van der Waals surface area contributed by atoms with Crippen LogP contribution in [0, 0.1) is 23.1 Å². The largest absolute Gasteiger partial charge is 0.497 e. The van der Waals surface area contributed by atoms with Crippen molar-refractivity contribution in [1.82, 2.24) is 10.2 Å². The van der Waals surface area contributed by atoms with E-state index in [0.717, 1.165) is 0 Å². The van der Waals surface area contributed by atoms with Crippen LogP contribution in [-0.2, 0) is 4.79 Å². The molecule has 8 heteroatoms. The number of hydrogen-bond donors (Lipinski definition) is 2. The van der Waals surface area contributed by atoms with E-state index < -0.39 is 23.4 Å². The number of anilines is 1. The number of carbonyl (C=O) groups is 2. The summed E-state index contributed by atoms with van der Waals surface area (Å²) in [6, 6.07) is 15.2. The van der Waals surface area contributed by atoms with Crippen molar-refractivity contribution in [2.45, 2.75) is 0 Å². The van der Waals surface area contributed by atoms with Crippen LogP contribution in [0.15, 0.2) is 54.6 Å². The van der Waals surface area contributed by atoms with E-state index in [1.54, 1.807) is 30.3 Å². The van der Waals surface area contributed by atoms with Gasteiger partial charge in [0.1, 0.15) is 17.3 Å². The Morgan fingerprint density at radius 3 is 2.46 bits per heavy atom. The number of benzene rings is 2. The van der Waals surface area contributed by atoms with Gasteiger partial charge in [-0.3, -0.25) is 14.7 Å². The molecule has 0 spiro atoms. The van der Waals surface area contributed by atoms with Gasteiger partial charge in [0.15, 0.2) is 5.92 Å². The van der Waals surface area contributed by atoms with Crippen molar-refractivity contribution in [2.75, 3.05) is 12.4 Å². The van der Waals surface area contributed by atoms with E-state index in [-0.39, 0.29) is 5.69 Å². The van der Waals surface area contributed by atoms with E-state index in [1.165, 1.54) is 37.4 Å². The maximum atomic E-state index is 13.0. The van der Waals surface area contributed by atoms with Crippen LogP contribution < -0.4 is 10.1 Å². The molecule has 7 nitrogen and oxygen atoms in total. The molecule has 3 aromatic rings. The van der Waals surface area contributed by atoms with Crippen LogP contribution in [0.4, 0.5) is 10.1 Å². The number of nitriles is 1. The van der Waals surface area contributed by atoms with Gasteiger partial charge < -0.3 is 10.1 Å². The van der Waals surface area contributed by atoms with Gasteiger partial charge in [-0.15, -0.1) is 0 Å². The molecule has 0 saturated carbocycles. The maximum Gasteiger partial charge on any atom is 0.249 e. The zero-order valence-corrected chi connectivity index (χ0v) is 14.8. The Morgan fingerprint density at radius 2 is 1.86 bits per heavy atom. The maximum absolute atomic E-state index is 13.0. The van der Waals surface area contributed by atoms with Crippen molar-refractivity contribution in [3.63, 3.8) is 0 Å². The first-order chi connectivity index (χ1) is 13.5. The zero-order valence-electron chi connectivity index (χ0n) is 14.8. The minimum absolute atomic E-state index is 0.00996. The number of nitrogens with zero attached hydrogens (tertiary/aromatic N) is 2. The second-order valence-corrected chi connectivity index (χ2v) is 5.82. The molecule has 0 fully saturated rings. The van der Waals surface area contributed by atoms with E-state index in [4.69, 9.17) is 4.74 Å². The van der Waals surface area contributed by atoms with Crippen LogP contribution in [0.1, 0.15) is 10.5 Å². The number of ketones is 1. The molecule has 1 amide bonds. The Balaban J connectivity index is 1.74. The van der Waals surface area contributed by atoms with Crippen molar-refractivity contribution in [2.24, 2.45) is 5.92 Å². The van der Waals surface area contributed by atoms with Crippen LogP contribution in [0.5, 0.6) is 5.75 Å². The number of halogens is 1. The highest BCUT2D eigenvalue weighted by molar-refractivity contribution is 6.15. The molecule has 0 bridgehead atoms. The number of rotatable bonds is 6. The van der Waals surface area contributed by atoms with Gasteiger partial charge in [0.25, 0.3) is 0 Å². The summed E-state index contributed by atoms with van der Waals surface area (Å²) in [4.78, 5) is 24.9. The minimum atomic E-state index is -1.55. The molecule has 0 aliphatic heterocycles. The third-order valence-electron chi connectivity index (χ3n) is 3.99. The normalized spacial score (nSPS) is 11.3. The van der Waals surface area contributed by atoms with Gasteiger partial charge in [-0.2, -0.15) is 10.4 Å². The summed E-state index contributed by atoms with van der Waals surface area (Å²) >= 11 is 0. The van der Waals surface area contributed by atoms with E-state index >= 15 is 0 Å². The second-order valence-electron chi connectivity index (χ2n) is 5.82. The Labute approximate surface area is 159 Å². The SMILES string of the molecule is COc1ccc(NC(=O)C(C#N)C(=O)c2cc(-c3ccc(F)cc3)n[nH]2)cc1. The molecule has 1 heterocycles. The highest BCUT2D eigenvalue weighted by atomic mass is 19.1. The summed E-state index contributed by atoms with van der Waals surface area (Å²) in [7, 11) is 1.52. The lowest BCUT2D eigenvalue weighted by molar-refractivity contribution is -0.117. The molecular formula is C20H15FN4O3. The molecule has 28 heavy (non-hydrogen) atoms. The molecule has 3 rings (SSSR count).